The summed E-state index contributed by atoms with van der Waals surface area (Å²) >= 11 is 0. The minimum absolute atomic E-state index is 0. The molecule has 0 saturated heterocycles. The topological polar surface area (TPSA) is 121 Å². The van der Waals surface area contributed by atoms with Gasteiger partial charge in [-0.1, -0.05) is 64.4 Å². The van der Waals surface area contributed by atoms with Crippen LogP contribution in [0.25, 0.3) is 0 Å². The monoisotopic (exact) mass is 483 g/mol. The van der Waals surface area contributed by atoms with Crippen LogP contribution >= 0.6 is 0 Å². The molecule has 1 aliphatic rings. The minimum Gasteiger partial charge on any atom is -0.748 e. The van der Waals surface area contributed by atoms with Crippen LogP contribution in [0.3, 0.4) is 0 Å². The Morgan fingerprint density at radius 2 is 1.75 bits per heavy atom. The molecule has 0 radical (unpaired) electrons. The number of aliphatic hydroxyl groups is 2. The Morgan fingerprint density at radius 1 is 1.16 bits per heavy atom. The Bertz CT molecular complexity index is 697. The molecule has 1 heterocycles. The standard InChI is InChI=1S/C22H40N2O6S.Na/c1-2-3-4-5-6-7-8-9-10-11-12-13-21(27)22-23(16-17-25)14-15-24(22)18-20(26)19-31(28,29)30;/h12-13,20,25-26H,2-11,14-19H2,1H3;/q;+1/b13-12+;. The van der Waals surface area contributed by atoms with Crippen LogP contribution in [0, 0.1) is 0 Å². The number of allylic oxidation sites excluding steroid dienone is 1. The van der Waals surface area contributed by atoms with Gasteiger partial charge in [-0.25, -0.2) is 8.42 Å². The molecule has 180 valence electrons. The summed E-state index contributed by atoms with van der Waals surface area (Å²) in [4.78, 5) is 14.4. The number of nitrogens with zero attached hydrogens (tertiary/aromatic N) is 2. The molecule has 1 rings (SSSR count). The fourth-order valence-corrected chi connectivity index (χ4v) is 4.44. The Labute approximate surface area is 215 Å². The summed E-state index contributed by atoms with van der Waals surface area (Å²) in [5.74, 6) is -0.793. The Hall–Kier alpha value is -0.290. The first-order valence-corrected chi connectivity index (χ1v) is 13.2. The molecule has 0 bridgehead atoms. The summed E-state index contributed by atoms with van der Waals surface area (Å²) in [7, 11) is -4.55. The number of β-amino-alcohol motifs (C(OH)–C–C–N with tert-alkyl or cyclic N) is 2. The molecule has 0 fully saturated rings. The summed E-state index contributed by atoms with van der Waals surface area (Å²) in [5.41, 5.74) is 0. The van der Waals surface area contributed by atoms with Crippen molar-refractivity contribution in [2.45, 2.75) is 77.2 Å². The van der Waals surface area contributed by atoms with Crippen LogP contribution in [-0.2, 0) is 14.9 Å². The van der Waals surface area contributed by atoms with Crippen LogP contribution in [0.5, 0.6) is 0 Å². The van der Waals surface area contributed by atoms with Crippen LogP contribution < -0.4 is 29.6 Å². The van der Waals surface area contributed by atoms with E-state index in [0.29, 0.717) is 18.9 Å². The number of hydrogen-bond donors (Lipinski definition) is 2. The number of hydrogen-bond acceptors (Lipinski definition) is 7. The van der Waals surface area contributed by atoms with Gasteiger partial charge in [0.2, 0.25) is 0 Å². The number of carbonyl (C=O) groups is 1. The van der Waals surface area contributed by atoms with E-state index in [4.69, 9.17) is 0 Å². The summed E-state index contributed by atoms with van der Waals surface area (Å²) in [5, 5.41) is 19.2. The van der Waals surface area contributed by atoms with Gasteiger partial charge in [0.25, 0.3) is 5.78 Å². The van der Waals surface area contributed by atoms with Crippen molar-refractivity contribution >= 4 is 21.7 Å². The van der Waals surface area contributed by atoms with Crippen molar-refractivity contribution in [3.05, 3.63) is 12.2 Å². The first-order chi connectivity index (χ1) is 14.8. The maximum absolute atomic E-state index is 12.7. The average molecular weight is 484 g/mol. The van der Waals surface area contributed by atoms with E-state index in [1.165, 1.54) is 51.0 Å². The molecule has 32 heavy (non-hydrogen) atoms. The van der Waals surface area contributed by atoms with Crippen molar-refractivity contribution in [3.8, 4) is 0 Å². The number of rotatable bonds is 18. The molecule has 0 saturated carbocycles. The summed E-state index contributed by atoms with van der Waals surface area (Å²) < 4.78 is 34.2. The van der Waals surface area contributed by atoms with Gasteiger partial charge in [0.1, 0.15) is 32.3 Å². The first-order valence-electron chi connectivity index (χ1n) is 11.6. The van der Waals surface area contributed by atoms with Gasteiger partial charge in [-0.15, -0.1) is 0 Å². The number of amidine groups is 1. The third-order valence-corrected chi connectivity index (χ3v) is 6.19. The van der Waals surface area contributed by atoms with E-state index in [0.717, 1.165) is 19.3 Å². The van der Waals surface area contributed by atoms with Crippen LogP contribution in [-0.4, -0.2) is 88.9 Å². The Morgan fingerprint density at radius 3 is 2.31 bits per heavy atom. The predicted molar refractivity (Wildman–Crippen MR) is 120 cm³/mol. The van der Waals surface area contributed by atoms with Crippen molar-refractivity contribution in [3.63, 3.8) is 0 Å². The van der Waals surface area contributed by atoms with Crippen LogP contribution in [0.2, 0.25) is 0 Å². The smallest absolute Gasteiger partial charge is 0.748 e. The van der Waals surface area contributed by atoms with E-state index in [-0.39, 0.29) is 55.0 Å². The summed E-state index contributed by atoms with van der Waals surface area (Å²) in [6.45, 7) is 3.17. The first kappa shape index (κ1) is 31.7. The molecule has 2 N–H and O–H groups in total. The van der Waals surface area contributed by atoms with Crippen molar-refractivity contribution in [2.24, 2.45) is 0 Å². The zero-order valence-corrected chi connectivity index (χ0v) is 22.7. The van der Waals surface area contributed by atoms with Gasteiger partial charge in [-0.3, -0.25) is 14.3 Å². The average Bonchev–Trinajstić information content (AvgIpc) is 3.06. The molecule has 1 unspecified atom stereocenters. The van der Waals surface area contributed by atoms with Gasteiger partial charge < -0.3 is 14.8 Å². The number of unbranched alkanes of at least 4 members (excludes halogenated alkanes) is 9. The Balaban J connectivity index is 0.00000961. The molecule has 0 aromatic carbocycles. The Kier molecular flexibility index (Phi) is 17.9. The van der Waals surface area contributed by atoms with E-state index >= 15 is 0 Å². The zero-order valence-electron chi connectivity index (χ0n) is 19.9. The molecule has 0 aromatic heterocycles. The van der Waals surface area contributed by atoms with Crippen molar-refractivity contribution in [2.75, 3.05) is 38.5 Å². The molecule has 1 atom stereocenters. The van der Waals surface area contributed by atoms with E-state index in [2.05, 4.69) is 6.92 Å². The van der Waals surface area contributed by atoms with Gasteiger partial charge >= 0.3 is 35.4 Å². The minimum atomic E-state index is -4.55. The van der Waals surface area contributed by atoms with Gasteiger partial charge in [-0.05, 0) is 18.9 Å². The molecule has 0 aromatic rings. The van der Waals surface area contributed by atoms with E-state index < -0.39 is 22.0 Å². The molecule has 0 spiro atoms. The van der Waals surface area contributed by atoms with Gasteiger partial charge in [0.15, 0.2) is 0 Å². The molecular formula is C22H40N2NaO6S+. The molecule has 8 nitrogen and oxygen atoms in total. The van der Waals surface area contributed by atoms with E-state index in [9.17, 15) is 28.0 Å². The van der Waals surface area contributed by atoms with Crippen molar-refractivity contribution < 1.29 is 62.1 Å². The molecule has 0 aliphatic carbocycles. The predicted octanol–water partition coefficient (Wildman–Crippen LogP) is -1.34. The van der Waals surface area contributed by atoms with Gasteiger partial charge in [0, 0.05) is 0 Å². The molecule has 0 amide bonds. The van der Waals surface area contributed by atoms with Crippen LogP contribution in [0.1, 0.15) is 71.1 Å². The molecular weight excluding hydrogens is 443 g/mol. The second-order valence-electron chi connectivity index (χ2n) is 8.24. The quantitative estimate of drug-likeness (QED) is 0.0814. The van der Waals surface area contributed by atoms with Crippen molar-refractivity contribution in [1.29, 1.82) is 0 Å². The van der Waals surface area contributed by atoms with Crippen LogP contribution in [0.15, 0.2) is 12.2 Å². The fourth-order valence-electron chi connectivity index (χ4n) is 3.86. The maximum Gasteiger partial charge on any atom is 1.00 e. The largest absolute Gasteiger partial charge is 1.00 e. The third kappa shape index (κ3) is 14.1. The van der Waals surface area contributed by atoms with Gasteiger partial charge in [-0.2, -0.15) is 0 Å². The van der Waals surface area contributed by atoms with E-state index in [1.807, 2.05) is 6.08 Å². The van der Waals surface area contributed by atoms with Gasteiger partial charge in [0.05, 0.1) is 22.5 Å². The van der Waals surface area contributed by atoms with Crippen molar-refractivity contribution in [1.82, 2.24) is 4.90 Å². The number of carbonyl (C=O) groups excluding carboxylic acids is 1. The van der Waals surface area contributed by atoms with E-state index in [1.54, 1.807) is 9.48 Å². The third-order valence-electron chi connectivity index (χ3n) is 5.40. The fraction of sp³-hybridized carbons (Fsp3) is 0.818. The molecule has 1 aliphatic heterocycles. The maximum atomic E-state index is 12.7. The SMILES string of the molecule is CCCCCCCCCCC/C=C/C(=O)C1=[N+](CC(O)CS(=O)(=O)[O-])CCN1CCO.[Na+]. The summed E-state index contributed by atoms with van der Waals surface area (Å²) in [6.07, 6.45) is 14.0. The molecule has 10 heteroatoms. The van der Waals surface area contributed by atoms with Crippen LogP contribution in [0.4, 0.5) is 0 Å². The second kappa shape index (κ2) is 18.1. The normalized spacial score (nSPS) is 15.4. The number of ketones is 1. The summed E-state index contributed by atoms with van der Waals surface area (Å²) in [6, 6.07) is 0. The number of aliphatic hydroxyl groups excluding tert-OH is 2. The second-order valence-corrected chi connectivity index (χ2v) is 9.69. The zero-order chi connectivity index (χ0) is 23.1.